The van der Waals surface area contributed by atoms with Crippen LogP contribution < -0.4 is 5.32 Å². The number of benzene rings is 1. The Morgan fingerprint density at radius 2 is 2.10 bits per heavy atom. The van der Waals surface area contributed by atoms with Crippen LogP contribution in [0, 0.1) is 12.4 Å². The molecule has 224 valence electrons. The van der Waals surface area contributed by atoms with Crippen LogP contribution in [0.25, 0.3) is 33.1 Å². The van der Waals surface area contributed by atoms with E-state index in [1.54, 1.807) is 27.8 Å². The number of nitrogens with one attached hydrogen (secondary N) is 1. The summed E-state index contributed by atoms with van der Waals surface area (Å²) in [6.45, 7) is 25.6. The summed E-state index contributed by atoms with van der Waals surface area (Å²) in [5.74, 6) is -0.184. The van der Waals surface area contributed by atoms with Gasteiger partial charge < -0.3 is 24.3 Å². The van der Waals surface area contributed by atoms with Gasteiger partial charge in [-0.15, -0.1) is 0 Å². The van der Waals surface area contributed by atoms with Gasteiger partial charge in [0.1, 0.15) is 12.3 Å². The molecule has 1 fully saturated rings. The molecule has 1 atom stereocenters. The Balaban J connectivity index is 1.65. The fourth-order valence-corrected chi connectivity index (χ4v) is 5.61. The highest BCUT2D eigenvalue weighted by molar-refractivity contribution is 6.76. The van der Waals surface area contributed by atoms with Gasteiger partial charge >= 0.3 is 6.09 Å². The third-order valence-electron chi connectivity index (χ3n) is 7.00. The highest BCUT2D eigenvalue weighted by Gasteiger charge is 2.28. The standard InChI is InChI=1S/C31H41FN6O3Si/c1-9-21-17-34-29(35-22-11-10-14-37(18-22)30(39)41-31(2,3)4)36-27(21)24-19-38(20-40-15-16-42(6,7)8)28-23(24)12-13-25(33-5)26(28)32/h9,12-13,17,19,22H,1,10-11,14-16,18,20H2,2-4,6-8H3,(H,34,35,36)/t22-/m0/s1. The molecule has 42 heavy (non-hydrogen) atoms. The first kappa shape index (κ1) is 31.2. The van der Waals surface area contributed by atoms with Gasteiger partial charge in [0.15, 0.2) is 5.82 Å². The minimum Gasteiger partial charge on any atom is -0.444 e. The van der Waals surface area contributed by atoms with Crippen molar-refractivity contribution in [3.8, 4) is 11.3 Å². The summed E-state index contributed by atoms with van der Waals surface area (Å²) in [6.07, 6.45) is 6.51. The molecule has 0 bridgehead atoms. The number of hydrogen-bond donors (Lipinski definition) is 1. The van der Waals surface area contributed by atoms with Crippen molar-refractivity contribution in [2.75, 3.05) is 25.0 Å². The quantitative estimate of drug-likeness (QED) is 0.157. The number of hydrogen-bond acceptors (Lipinski definition) is 6. The minimum absolute atomic E-state index is 0.0451. The van der Waals surface area contributed by atoms with E-state index in [1.807, 2.05) is 27.0 Å². The van der Waals surface area contributed by atoms with E-state index in [1.165, 1.54) is 6.07 Å². The van der Waals surface area contributed by atoms with Gasteiger partial charge in [0, 0.05) is 62.7 Å². The summed E-state index contributed by atoms with van der Waals surface area (Å²) in [5, 5.41) is 4.00. The van der Waals surface area contributed by atoms with Gasteiger partial charge in [-0.3, -0.25) is 0 Å². The molecule has 1 aliphatic rings. The number of rotatable bonds is 9. The fourth-order valence-electron chi connectivity index (χ4n) is 4.86. The molecule has 1 N–H and O–H groups in total. The lowest BCUT2D eigenvalue weighted by atomic mass is 10.1. The Kier molecular flexibility index (Phi) is 9.38. The van der Waals surface area contributed by atoms with Crippen molar-refractivity contribution in [3.63, 3.8) is 0 Å². The topological polar surface area (TPSA) is 85.9 Å². The Labute approximate surface area is 248 Å². The Morgan fingerprint density at radius 1 is 1.33 bits per heavy atom. The normalized spacial score (nSPS) is 15.9. The number of halogens is 1. The second kappa shape index (κ2) is 12.6. The van der Waals surface area contributed by atoms with Gasteiger partial charge in [0.05, 0.1) is 17.8 Å². The molecule has 0 saturated carbocycles. The van der Waals surface area contributed by atoms with Gasteiger partial charge in [-0.05, 0) is 39.7 Å². The molecule has 1 saturated heterocycles. The van der Waals surface area contributed by atoms with Gasteiger partial charge in [0.2, 0.25) is 11.6 Å². The van der Waals surface area contributed by atoms with E-state index < -0.39 is 19.5 Å². The highest BCUT2D eigenvalue weighted by Crippen LogP contribution is 2.37. The first-order valence-electron chi connectivity index (χ1n) is 14.3. The summed E-state index contributed by atoms with van der Waals surface area (Å²) in [4.78, 5) is 27.1. The maximum atomic E-state index is 15.5. The van der Waals surface area contributed by atoms with Crippen LogP contribution in [0.5, 0.6) is 0 Å². The van der Waals surface area contributed by atoms with Crippen molar-refractivity contribution in [2.45, 2.75) is 77.7 Å². The number of ether oxygens (including phenoxy) is 2. The molecule has 3 aromatic rings. The van der Waals surface area contributed by atoms with Crippen LogP contribution in [-0.4, -0.2) is 64.9 Å². The summed E-state index contributed by atoms with van der Waals surface area (Å²) < 4.78 is 28.8. The number of likely N-dealkylation sites (tertiary alicyclic amines) is 1. The number of fused-ring (bicyclic) bond motifs is 1. The van der Waals surface area contributed by atoms with Gasteiger partial charge in [-0.1, -0.05) is 44.4 Å². The van der Waals surface area contributed by atoms with Gasteiger partial charge in [0.25, 0.3) is 0 Å². The number of anilines is 1. The first-order valence-corrected chi connectivity index (χ1v) is 18.0. The highest BCUT2D eigenvalue weighted by atomic mass is 28.3. The summed E-state index contributed by atoms with van der Waals surface area (Å²) in [7, 11) is -1.29. The molecule has 4 rings (SSSR count). The van der Waals surface area contributed by atoms with E-state index >= 15 is 4.39 Å². The molecule has 1 aliphatic heterocycles. The molecule has 0 unspecified atom stereocenters. The largest absolute Gasteiger partial charge is 0.444 e. The molecule has 9 nitrogen and oxygen atoms in total. The number of aromatic nitrogens is 3. The maximum absolute atomic E-state index is 15.5. The molecule has 0 spiro atoms. The van der Waals surface area contributed by atoms with Crippen LogP contribution in [0.15, 0.2) is 31.1 Å². The summed E-state index contributed by atoms with van der Waals surface area (Å²) in [6, 6.07) is 4.17. The van der Waals surface area contributed by atoms with Crippen molar-refractivity contribution in [1.29, 1.82) is 0 Å². The molecule has 3 heterocycles. The molecule has 2 aromatic heterocycles. The number of carbonyl (C=O) groups is 1. The average Bonchev–Trinajstić information content (AvgIpc) is 3.29. The lowest BCUT2D eigenvalue weighted by molar-refractivity contribution is 0.0206. The number of carbonyl (C=O) groups excluding carboxylic acids is 1. The second-order valence-corrected chi connectivity index (χ2v) is 18.5. The van der Waals surface area contributed by atoms with Crippen LogP contribution >= 0.6 is 0 Å². The van der Waals surface area contributed by atoms with E-state index in [0.717, 1.165) is 18.9 Å². The first-order chi connectivity index (χ1) is 19.8. The van der Waals surface area contributed by atoms with Crippen LogP contribution in [0.4, 0.5) is 20.8 Å². The predicted octanol–water partition coefficient (Wildman–Crippen LogP) is 7.55. The predicted molar refractivity (Wildman–Crippen MR) is 168 cm³/mol. The summed E-state index contributed by atoms with van der Waals surface area (Å²) in [5.41, 5.74) is 1.65. The SMILES string of the molecule is [C-]#[N+]c1ccc2c(-c3nc(N[C@H]4CCCN(C(=O)OC(C)(C)C)C4)ncc3C=C)cn(COCC[Si](C)(C)C)c2c1F. The van der Waals surface area contributed by atoms with Crippen molar-refractivity contribution < 1.29 is 18.7 Å². The van der Waals surface area contributed by atoms with Crippen molar-refractivity contribution in [1.82, 2.24) is 19.4 Å². The fraction of sp³-hybridized carbons (Fsp3) is 0.484. The zero-order chi connectivity index (χ0) is 30.7. The average molecular weight is 593 g/mol. The number of nitrogens with zero attached hydrogens (tertiary/aromatic N) is 5. The number of piperidine rings is 1. The summed E-state index contributed by atoms with van der Waals surface area (Å²) >= 11 is 0. The maximum Gasteiger partial charge on any atom is 0.410 e. The van der Waals surface area contributed by atoms with E-state index in [2.05, 4.69) is 41.4 Å². The molecule has 0 aliphatic carbocycles. The minimum atomic E-state index is -1.29. The molecular formula is C31H41FN6O3Si. The van der Waals surface area contributed by atoms with Crippen LogP contribution in [0.2, 0.25) is 25.7 Å². The zero-order valence-corrected chi connectivity index (χ0v) is 26.5. The van der Waals surface area contributed by atoms with Crippen molar-refractivity contribution >= 4 is 42.8 Å². The van der Waals surface area contributed by atoms with Crippen molar-refractivity contribution in [2.24, 2.45) is 0 Å². The van der Waals surface area contributed by atoms with Gasteiger partial charge in [-0.25, -0.2) is 24.0 Å². The molecule has 0 radical (unpaired) electrons. The molecule has 1 amide bonds. The van der Waals surface area contributed by atoms with Crippen LogP contribution in [0.1, 0.15) is 39.2 Å². The molecule has 1 aromatic carbocycles. The molecule has 11 heteroatoms. The second-order valence-electron chi connectivity index (χ2n) is 12.9. The van der Waals surface area contributed by atoms with E-state index in [9.17, 15) is 4.79 Å². The van der Waals surface area contributed by atoms with E-state index in [-0.39, 0.29) is 24.6 Å². The Morgan fingerprint density at radius 3 is 2.76 bits per heavy atom. The third kappa shape index (κ3) is 7.55. The number of amides is 1. The lowest BCUT2D eigenvalue weighted by Gasteiger charge is -2.34. The lowest BCUT2D eigenvalue weighted by Crippen LogP contribution is -2.47. The van der Waals surface area contributed by atoms with Crippen LogP contribution in [-0.2, 0) is 16.2 Å². The smallest absolute Gasteiger partial charge is 0.410 e. The monoisotopic (exact) mass is 592 g/mol. The Hall–Kier alpha value is -3.75. The zero-order valence-electron chi connectivity index (χ0n) is 25.5. The van der Waals surface area contributed by atoms with Crippen LogP contribution in [0.3, 0.4) is 0 Å². The van der Waals surface area contributed by atoms with E-state index in [4.69, 9.17) is 21.0 Å². The van der Waals surface area contributed by atoms with Crippen molar-refractivity contribution in [3.05, 3.63) is 53.9 Å². The Bertz CT molecular complexity index is 1500. The molecular weight excluding hydrogens is 551 g/mol. The third-order valence-corrected chi connectivity index (χ3v) is 8.71. The van der Waals surface area contributed by atoms with Gasteiger partial charge in [-0.2, -0.15) is 0 Å². The van der Waals surface area contributed by atoms with E-state index in [0.29, 0.717) is 53.4 Å².